The third-order valence-electron chi connectivity index (χ3n) is 4.20. The van der Waals surface area contributed by atoms with E-state index in [2.05, 4.69) is 41.4 Å². The van der Waals surface area contributed by atoms with Gasteiger partial charge in [-0.05, 0) is 49.1 Å². The van der Waals surface area contributed by atoms with Crippen LogP contribution in [-0.4, -0.2) is 16.0 Å². The third-order valence-corrected chi connectivity index (χ3v) is 4.20. The van der Waals surface area contributed by atoms with E-state index < -0.39 is 0 Å². The van der Waals surface area contributed by atoms with Crippen LogP contribution in [0.3, 0.4) is 0 Å². The fourth-order valence-corrected chi connectivity index (χ4v) is 2.72. The van der Waals surface area contributed by atoms with Crippen molar-refractivity contribution in [1.82, 2.24) is 15.5 Å². The number of nitrogens with zero attached hydrogens (tertiary/aromatic N) is 2. The molecule has 0 fully saturated rings. The highest BCUT2D eigenvalue weighted by molar-refractivity contribution is 5.79. The maximum atomic E-state index is 12.5. The van der Waals surface area contributed by atoms with Crippen molar-refractivity contribution in [1.29, 1.82) is 0 Å². The number of amides is 1. The van der Waals surface area contributed by atoms with Crippen molar-refractivity contribution in [2.75, 3.05) is 0 Å². The van der Waals surface area contributed by atoms with Gasteiger partial charge in [0.05, 0.1) is 18.2 Å². The van der Waals surface area contributed by atoms with E-state index in [0.29, 0.717) is 5.76 Å². The SMILES string of the molecule is Cc1cc(CC(=O)N[C@@H](c2cccnc2)c2ccc(C)c(C)c2)on1. The molecule has 5 heteroatoms. The highest BCUT2D eigenvalue weighted by atomic mass is 16.5. The molecule has 1 amide bonds. The fourth-order valence-electron chi connectivity index (χ4n) is 2.72. The highest BCUT2D eigenvalue weighted by Gasteiger charge is 2.19. The Kier molecular flexibility index (Phi) is 4.93. The Morgan fingerprint density at radius 3 is 2.60 bits per heavy atom. The van der Waals surface area contributed by atoms with Gasteiger partial charge in [-0.3, -0.25) is 9.78 Å². The van der Waals surface area contributed by atoms with Crippen molar-refractivity contribution in [3.05, 3.63) is 82.5 Å². The molecule has 5 nitrogen and oxygen atoms in total. The Morgan fingerprint density at radius 1 is 1.12 bits per heavy atom. The van der Waals surface area contributed by atoms with Gasteiger partial charge in [-0.2, -0.15) is 0 Å². The second kappa shape index (κ2) is 7.30. The van der Waals surface area contributed by atoms with Crippen molar-refractivity contribution in [2.45, 2.75) is 33.2 Å². The molecule has 1 aromatic carbocycles. The summed E-state index contributed by atoms with van der Waals surface area (Å²) in [6.45, 7) is 5.97. The lowest BCUT2D eigenvalue weighted by Gasteiger charge is -2.20. The van der Waals surface area contributed by atoms with Crippen LogP contribution in [0.4, 0.5) is 0 Å². The van der Waals surface area contributed by atoms with E-state index >= 15 is 0 Å². The molecule has 2 aromatic heterocycles. The standard InChI is InChI=1S/C20H21N3O2/c1-13-6-7-16(9-14(13)2)20(17-5-4-8-21-12-17)22-19(24)11-18-10-15(3)23-25-18/h4-10,12,20H,11H2,1-3H3,(H,22,24)/t20-/m1/s1. The minimum atomic E-state index is -0.260. The van der Waals surface area contributed by atoms with Crippen LogP contribution < -0.4 is 5.32 Å². The van der Waals surface area contributed by atoms with Crippen LogP contribution in [0.1, 0.15) is 39.7 Å². The minimum Gasteiger partial charge on any atom is -0.361 e. The lowest BCUT2D eigenvalue weighted by atomic mass is 9.96. The Hall–Kier alpha value is -2.95. The van der Waals surface area contributed by atoms with Gasteiger partial charge in [0.1, 0.15) is 5.76 Å². The van der Waals surface area contributed by atoms with E-state index in [4.69, 9.17) is 4.52 Å². The van der Waals surface area contributed by atoms with Crippen molar-refractivity contribution in [2.24, 2.45) is 0 Å². The molecule has 128 valence electrons. The minimum absolute atomic E-state index is 0.122. The van der Waals surface area contributed by atoms with E-state index in [1.807, 2.05) is 25.1 Å². The summed E-state index contributed by atoms with van der Waals surface area (Å²) in [7, 11) is 0. The number of pyridine rings is 1. The normalized spacial score (nSPS) is 12.0. The second-order valence-corrected chi connectivity index (χ2v) is 6.24. The van der Waals surface area contributed by atoms with E-state index in [0.717, 1.165) is 16.8 Å². The van der Waals surface area contributed by atoms with Crippen LogP contribution in [0.2, 0.25) is 0 Å². The number of nitrogens with one attached hydrogen (secondary N) is 1. The Morgan fingerprint density at radius 2 is 1.96 bits per heavy atom. The summed E-state index contributed by atoms with van der Waals surface area (Å²) in [4.78, 5) is 16.7. The predicted octanol–water partition coefficient (Wildman–Crippen LogP) is 3.44. The summed E-state index contributed by atoms with van der Waals surface area (Å²) < 4.78 is 5.14. The van der Waals surface area contributed by atoms with Gasteiger partial charge >= 0.3 is 0 Å². The first-order chi connectivity index (χ1) is 12.0. The predicted molar refractivity (Wildman–Crippen MR) is 95.1 cm³/mol. The van der Waals surface area contributed by atoms with Crippen LogP contribution in [0.5, 0.6) is 0 Å². The molecule has 25 heavy (non-hydrogen) atoms. The summed E-state index contributed by atoms with van der Waals surface area (Å²) in [5, 5.41) is 6.91. The van der Waals surface area contributed by atoms with Crippen molar-refractivity contribution in [3.8, 4) is 0 Å². The molecule has 2 heterocycles. The molecule has 1 N–H and O–H groups in total. The number of carbonyl (C=O) groups is 1. The molecule has 0 saturated heterocycles. The van der Waals surface area contributed by atoms with Crippen molar-refractivity contribution < 1.29 is 9.32 Å². The van der Waals surface area contributed by atoms with E-state index in [1.54, 1.807) is 18.5 Å². The zero-order valence-electron chi connectivity index (χ0n) is 14.6. The summed E-state index contributed by atoms with van der Waals surface area (Å²) in [6.07, 6.45) is 3.65. The van der Waals surface area contributed by atoms with Gasteiger partial charge in [0.15, 0.2) is 0 Å². The van der Waals surface area contributed by atoms with Gasteiger partial charge in [-0.1, -0.05) is 29.4 Å². The molecule has 0 saturated carbocycles. The van der Waals surface area contributed by atoms with Crippen molar-refractivity contribution in [3.63, 3.8) is 0 Å². The number of hydrogen-bond donors (Lipinski definition) is 1. The average molecular weight is 335 g/mol. The number of hydrogen-bond acceptors (Lipinski definition) is 4. The van der Waals surface area contributed by atoms with E-state index in [-0.39, 0.29) is 18.4 Å². The monoisotopic (exact) mass is 335 g/mol. The molecule has 0 aliphatic heterocycles. The summed E-state index contributed by atoms with van der Waals surface area (Å²) in [6, 6.07) is 11.6. The molecule has 0 aliphatic carbocycles. The van der Waals surface area contributed by atoms with Crippen LogP contribution in [0.25, 0.3) is 0 Å². The molecule has 3 aromatic rings. The molecule has 3 rings (SSSR count). The summed E-state index contributed by atoms with van der Waals surface area (Å²) in [5.74, 6) is 0.434. The van der Waals surface area contributed by atoms with Gasteiger partial charge in [-0.25, -0.2) is 0 Å². The quantitative estimate of drug-likeness (QED) is 0.775. The maximum Gasteiger partial charge on any atom is 0.228 e. The lowest BCUT2D eigenvalue weighted by molar-refractivity contribution is -0.121. The number of aromatic nitrogens is 2. The smallest absolute Gasteiger partial charge is 0.228 e. The van der Waals surface area contributed by atoms with Crippen LogP contribution in [-0.2, 0) is 11.2 Å². The van der Waals surface area contributed by atoms with Crippen molar-refractivity contribution >= 4 is 5.91 Å². The number of benzene rings is 1. The molecule has 1 atom stereocenters. The van der Waals surface area contributed by atoms with E-state index in [1.165, 1.54) is 11.1 Å². The van der Waals surface area contributed by atoms with Crippen LogP contribution in [0, 0.1) is 20.8 Å². The zero-order chi connectivity index (χ0) is 17.8. The third kappa shape index (κ3) is 4.12. The first-order valence-corrected chi connectivity index (χ1v) is 8.21. The van der Waals surface area contributed by atoms with Gasteiger partial charge in [0, 0.05) is 18.5 Å². The summed E-state index contributed by atoms with van der Waals surface area (Å²) in [5.41, 5.74) is 5.13. The molecule has 0 unspecified atom stereocenters. The number of aryl methyl sites for hydroxylation is 3. The molecular formula is C20H21N3O2. The fraction of sp³-hybridized carbons (Fsp3) is 0.250. The lowest BCUT2D eigenvalue weighted by Crippen LogP contribution is -2.30. The van der Waals surface area contributed by atoms with Gasteiger partial charge in [0.25, 0.3) is 0 Å². The van der Waals surface area contributed by atoms with Crippen LogP contribution >= 0.6 is 0 Å². The van der Waals surface area contributed by atoms with Crippen LogP contribution in [0.15, 0.2) is 53.3 Å². The van der Waals surface area contributed by atoms with Gasteiger partial charge in [-0.15, -0.1) is 0 Å². The summed E-state index contributed by atoms with van der Waals surface area (Å²) >= 11 is 0. The first-order valence-electron chi connectivity index (χ1n) is 8.21. The highest BCUT2D eigenvalue weighted by Crippen LogP contribution is 2.23. The molecular weight excluding hydrogens is 314 g/mol. The Labute approximate surface area is 147 Å². The van der Waals surface area contributed by atoms with E-state index in [9.17, 15) is 4.79 Å². The van der Waals surface area contributed by atoms with Gasteiger partial charge in [0.2, 0.25) is 5.91 Å². The molecule has 0 bridgehead atoms. The number of rotatable bonds is 5. The molecule has 0 spiro atoms. The van der Waals surface area contributed by atoms with Gasteiger partial charge < -0.3 is 9.84 Å². The molecule has 0 aliphatic rings. The Balaban J connectivity index is 1.86. The molecule has 0 radical (unpaired) electrons. The zero-order valence-corrected chi connectivity index (χ0v) is 14.6. The average Bonchev–Trinajstić information content (AvgIpc) is 3.01. The first kappa shape index (κ1) is 16.9. The second-order valence-electron chi connectivity index (χ2n) is 6.24. The Bertz CT molecular complexity index is 872. The number of carbonyl (C=O) groups excluding carboxylic acids is 1. The maximum absolute atomic E-state index is 12.5. The largest absolute Gasteiger partial charge is 0.361 e. The topological polar surface area (TPSA) is 68.0 Å².